The van der Waals surface area contributed by atoms with E-state index in [-0.39, 0.29) is 6.54 Å². The third-order valence-electron chi connectivity index (χ3n) is 3.17. The van der Waals surface area contributed by atoms with Gasteiger partial charge in [-0.25, -0.2) is 8.78 Å². The molecule has 0 saturated carbocycles. The molecule has 2 aromatic rings. The lowest BCUT2D eigenvalue weighted by molar-refractivity contribution is 0.145. The third-order valence-corrected chi connectivity index (χ3v) is 3.97. The molecule has 0 radical (unpaired) electrons. The molecule has 102 valence electrons. The molecule has 1 aromatic carbocycles. The second-order valence-electron chi connectivity index (χ2n) is 4.63. The summed E-state index contributed by atoms with van der Waals surface area (Å²) in [5.41, 5.74) is 5.87. The van der Waals surface area contributed by atoms with E-state index < -0.39 is 6.43 Å². The van der Waals surface area contributed by atoms with Crippen LogP contribution in [0.1, 0.15) is 16.7 Å². The highest BCUT2D eigenvalue weighted by atomic mass is 32.1. The summed E-state index contributed by atoms with van der Waals surface area (Å²) in [6.07, 6.45) is -2.30. The fraction of sp³-hybridized carbons (Fsp3) is 0.333. The van der Waals surface area contributed by atoms with Crippen LogP contribution in [0.15, 0.2) is 29.0 Å². The van der Waals surface area contributed by atoms with Gasteiger partial charge in [0.1, 0.15) is 0 Å². The third kappa shape index (κ3) is 3.61. The Labute approximate surface area is 116 Å². The molecule has 0 spiro atoms. The fourth-order valence-corrected chi connectivity index (χ4v) is 2.80. The van der Waals surface area contributed by atoms with Crippen molar-refractivity contribution in [3.8, 4) is 11.1 Å². The van der Waals surface area contributed by atoms with Crippen molar-refractivity contribution in [3.63, 3.8) is 0 Å². The van der Waals surface area contributed by atoms with Crippen LogP contribution in [0.25, 0.3) is 11.1 Å². The summed E-state index contributed by atoms with van der Waals surface area (Å²) in [7, 11) is 0. The first-order valence-electron chi connectivity index (χ1n) is 6.19. The van der Waals surface area contributed by atoms with Crippen LogP contribution in [0, 0.1) is 13.8 Å². The summed E-state index contributed by atoms with van der Waals surface area (Å²) in [5.74, 6) is 0. The number of rotatable bonds is 5. The monoisotopic (exact) mass is 281 g/mol. The van der Waals surface area contributed by atoms with Gasteiger partial charge in [0, 0.05) is 6.54 Å². The SMILES string of the molecule is Cc1ccc(-c2cscc2CNCC(F)F)cc1C. The fourth-order valence-electron chi connectivity index (χ4n) is 1.94. The van der Waals surface area contributed by atoms with Crippen molar-refractivity contribution in [3.05, 3.63) is 45.6 Å². The van der Waals surface area contributed by atoms with Crippen molar-refractivity contribution >= 4 is 11.3 Å². The largest absolute Gasteiger partial charge is 0.307 e. The molecule has 4 heteroatoms. The number of nitrogens with one attached hydrogen (secondary N) is 1. The summed E-state index contributed by atoms with van der Waals surface area (Å²) in [5, 5.41) is 6.87. The van der Waals surface area contributed by atoms with Crippen LogP contribution < -0.4 is 5.32 Å². The Balaban J connectivity index is 2.16. The van der Waals surface area contributed by atoms with E-state index in [9.17, 15) is 8.78 Å². The molecule has 0 amide bonds. The van der Waals surface area contributed by atoms with Gasteiger partial charge in [-0.3, -0.25) is 0 Å². The zero-order valence-electron chi connectivity index (χ0n) is 11.0. The van der Waals surface area contributed by atoms with Crippen LogP contribution in [0.2, 0.25) is 0 Å². The number of halogens is 2. The molecule has 1 N–H and O–H groups in total. The lowest BCUT2D eigenvalue weighted by atomic mass is 10.00. The second-order valence-corrected chi connectivity index (χ2v) is 5.38. The molecule has 1 heterocycles. The van der Waals surface area contributed by atoms with Crippen molar-refractivity contribution in [1.82, 2.24) is 5.32 Å². The average Bonchev–Trinajstić information content (AvgIpc) is 2.80. The molecule has 0 aliphatic carbocycles. The molecule has 0 aliphatic heterocycles. The lowest BCUT2D eigenvalue weighted by Gasteiger charge is -2.08. The topological polar surface area (TPSA) is 12.0 Å². The molecular weight excluding hydrogens is 264 g/mol. The normalized spacial score (nSPS) is 11.2. The van der Waals surface area contributed by atoms with Gasteiger partial charge in [-0.15, -0.1) is 0 Å². The van der Waals surface area contributed by atoms with Gasteiger partial charge in [0.25, 0.3) is 6.43 Å². The first-order chi connectivity index (χ1) is 9.08. The van der Waals surface area contributed by atoms with Crippen LogP contribution >= 0.6 is 11.3 Å². The molecule has 0 unspecified atom stereocenters. The molecule has 1 aromatic heterocycles. The van der Waals surface area contributed by atoms with Gasteiger partial charge in [0.2, 0.25) is 0 Å². The minimum atomic E-state index is -2.30. The Hall–Kier alpha value is -1.26. The highest BCUT2D eigenvalue weighted by Crippen LogP contribution is 2.28. The van der Waals surface area contributed by atoms with Crippen molar-refractivity contribution < 1.29 is 8.78 Å². The highest BCUT2D eigenvalue weighted by molar-refractivity contribution is 7.08. The Morgan fingerprint density at radius 2 is 1.95 bits per heavy atom. The number of hydrogen-bond acceptors (Lipinski definition) is 2. The predicted octanol–water partition coefficient (Wildman–Crippen LogP) is 4.39. The second kappa shape index (κ2) is 6.26. The molecule has 2 rings (SSSR count). The van der Waals surface area contributed by atoms with E-state index in [1.54, 1.807) is 11.3 Å². The zero-order valence-corrected chi connectivity index (χ0v) is 11.9. The predicted molar refractivity (Wildman–Crippen MR) is 76.9 cm³/mol. The molecule has 1 nitrogen and oxygen atoms in total. The van der Waals surface area contributed by atoms with Crippen LogP contribution in [-0.4, -0.2) is 13.0 Å². The average molecular weight is 281 g/mol. The quantitative estimate of drug-likeness (QED) is 0.857. The van der Waals surface area contributed by atoms with Crippen LogP contribution in [0.5, 0.6) is 0 Å². The van der Waals surface area contributed by atoms with Gasteiger partial charge in [0.15, 0.2) is 0 Å². The first kappa shape index (κ1) is 14.2. The number of thiophene rings is 1. The molecule has 0 bridgehead atoms. The number of alkyl halides is 2. The molecular formula is C15H17F2NS. The maximum Gasteiger partial charge on any atom is 0.250 e. The van der Waals surface area contributed by atoms with E-state index in [4.69, 9.17) is 0 Å². The Bertz CT molecular complexity index is 549. The smallest absolute Gasteiger partial charge is 0.250 e. The Morgan fingerprint density at radius 1 is 1.16 bits per heavy atom. The molecule has 0 saturated heterocycles. The molecule has 0 atom stereocenters. The number of hydrogen-bond donors (Lipinski definition) is 1. The number of aryl methyl sites for hydroxylation is 2. The zero-order chi connectivity index (χ0) is 13.8. The lowest BCUT2D eigenvalue weighted by Crippen LogP contribution is -2.20. The van der Waals surface area contributed by atoms with E-state index in [0.717, 1.165) is 16.7 Å². The van der Waals surface area contributed by atoms with Crippen molar-refractivity contribution in [2.45, 2.75) is 26.8 Å². The Morgan fingerprint density at radius 3 is 2.63 bits per heavy atom. The highest BCUT2D eigenvalue weighted by Gasteiger charge is 2.08. The van der Waals surface area contributed by atoms with E-state index in [2.05, 4.69) is 42.7 Å². The van der Waals surface area contributed by atoms with Crippen LogP contribution in [-0.2, 0) is 6.54 Å². The van der Waals surface area contributed by atoms with Gasteiger partial charge in [-0.05, 0) is 52.4 Å². The van der Waals surface area contributed by atoms with Gasteiger partial charge in [-0.1, -0.05) is 18.2 Å². The van der Waals surface area contributed by atoms with Crippen LogP contribution in [0.4, 0.5) is 8.78 Å². The van der Waals surface area contributed by atoms with Gasteiger partial charge in [-0.2, -0.15) is 11.3 Å². The minimum absolute atomic E-state index is 0.262. The van der Waals surface area contributed by atoms with Crippen molar-refractivity contribution in [2.75, 3.05) is 6.54 Å². The maximum atomic E-state index is 12.1. The van der Waals surface area contributed by atoms with Gasteiger partial charge >= 0.3 is 0 Å². The summed E-state index contributed by atoms with van der Waals surface area (Å²) in [6, 6.07) is 6.33. The van der Waals surface area contributed by atoms with Crippen molar-refractivity contribution in [1.29, 1.82) is 0 Å². The summed E-state index contributed by atoms with van der Waals surface area (Å²) in [4.78, 5) is 0. The summed E-state index contributed by atoms with van der Waals surface area (Å²) in [6.45, 7) is 4.38. The van der Waals surface area contributed by atoms with E-state index in [0.29, 0.717) is 6.54 Å². The standard InChI is InChI=1S/C15H17F2NS/c1-10-3-4-12(5-11(10)2)14-9-19-8-13(14)6-18-7-15(16)17/h3-5,8-9,15,18H,6-7H2,1-2H3. The van der Waals surface area contributed by atoms with E-state index >= 15 is 0 Å². The van der Waals surface area contributed by atoms with Gasteiger partial charge < -0.3 is 5.32 Å². The van der Waals surface area contributed by atoms with Gasteiger partial charge in [0.05, 0.1) is 6.54 Å². The minimum Gasteiger partial charge on any atom is -0.307 e. The summed E-state index contributed by atoms with van der Waals surface area (Å²) >= 11 is 1.60. The molecule has 0 aliphatic rings. The van der Waals surface area contributed by atoms with E-state index in [1.807, 2.05) is 5.38 Å². The van der Waals surface area contributed by atoms with E-state index in [1.165, 1.54) is 11.1 Å². The van der Waals surface area contributed by atoms with Crippen LogP contribution in [0.3, 0.4) is 0 Å². The molecule has 0 fully saturated rings. The number of benzene rings is 1. The first-order valence-corrected chi connectivity index (χ1v) is 7.13. The Kier molecular flexibility index (Phi) is 4.66. The van der Waals surface area contributed by atoms with Crippen molar-refractivity contribution in [2.24, 2.45) is 0 Å². The molecule has 19 heavy (non-hydrogen) atoms. The summed E-state index contributed by atoms with van der Waals surface area (Å²) < 4.78 is 24.2. The maximum absolute atomic E-state index is 12.1.